The zero-order valence-corrected chi connectivity index (χ0v) is 15.4. The van der Waals surface area contributed by atoms with Crippen molar-refractivity contribution in [2.24, 2.45) is 0 Å². The van der Waals surface area contributed by atoms with Crippen LogP contribution in [0.25, 0.3) is 10.9 Å². The molecule has 0 amide bonds. The number of anilines is 3. The van der Waals surface area contributed by atoms with Gasteiger partial charge in [0.1, 0.15) is 23.3 Å². The monoisotopic (exact) mass is 425 g/mol. The summed E-state index contributed by atoms with van der Waals surface area (Å²) in [4.78, 5) is 12.6. The molecule has 0 atom stereocenters. The van der Waals surface area contributed by atoms with Gasteiger partial charge in [-0.1, -0.05) is 22.0 Å². The molecule has 0 bridgehead atoms. The molecule has 0 aliphatic carbocycles. The number of rotatable bonds is 4. The van der Waals surface area contributed by atoms with E-state index >= 15 is 0 Å². The van der Waals surface area contributed by atoms with Crippen LogP contribution in [0.3, 0.4) is 0 Å². The minimum absolute atomic E-state index is 0.198. The number of halogens is 2. The normalized spacial score (nSPS) is 10.7. The lowest BCUT2D eigenvalue weighted by Gasteiger charge is -2.13. The minimum Gasteiger partial charge on any atom is -0.435 e. The van der Waals surface area contributed by atoms with Gasteiger partial charge in [0.05, 0.1) is 0 Å². The van der Waals surface area contributed by atoms with Crippen LogP contribution in [0.4, 0.5) is 21.6 Å². The van der Waals surface area contributed by atoms with Gasteiger partial charge >= 0.3 is 0 Å². The minimum atomic E-state index is -0.324. The van der Waals surface area contributed by atoms with Crippen LogP contribution in [-0.2, 0) is 0 Å². The third kappa shape index (κ3) is 3.52. The smallest absolute Gasteiger partial charge is 0.248 e. The molecule has 0 aliphatic heterocycles. The topological polar surface area (TPSA) is 86.0 Å². The molecule has 4 rings (SSSR count). The second kappa shape index (κ2) is 7.16. The number of hydrogen-bond acceptors (Lipinski definition) is 6. The van der Waals surface area contributed by atoms with E-state index in [2.05, 4.69) is 36.2 Å². The number of ether oxygens (including phenoxy) is 1. The first kappa shape index (κ1) is 17.2. The van der Waals surface area contributed by atoms with Crippen LogP contribution in [0.5, 0.6) is 11.6 Å². The van der Waals surface area contributed by atoms with Crippen LogP contribution in [0.1, 0.15) is 0 Å². The molecule has 2 heterocycles. The van der Waals surface area contributed by atoms with Crippen LogP contribution in [0, 0.1) is 5.82 Å². The van der Waals surface area contributed by atoms with Crippen molar-refractivity contribution in [2.45, 2.75) is 0 Å². The van der Waals surface area contributed by atoms with Crippen LogP contribution in [0.15, 0.2) is 65.5 Å². The van der Waals surface area contributed by atoms with E-state index in [9.17, 15) is 4.39 Å². The summed E-state index contributed by atoms with van der Waals surface area (Å²) in [5.41, 5.74) is 7.72. The van der Waals surface area contributed by atoms with E-state index in [1.165, 1.54) is 18.5 Å². The zero-order valence-electron chi connectivity index (χ0n) is 13.9. The summed E-state index contributed by atoms with van der Waals surface area (Å²) >= 11 is 3.50. The van der Waals surface area contributed by atoms with Crippen molar-refractivity contribution in [3.05, 3.63) is 71.3 Å². The molecule has 8 heteroatoms. The van der Waals surface area contributed by atoms with Crippen molar-refractivity contribution in [2.75, 3.05) is 11.1 Å². The molecule has 27 heavy (non-hydrogen) atoms. The quantitative estimate of drug-likeness (QED) is 0.475. The number of aromatic nitrogens is 3. The van der Waals surface area contributed by atoms with Crippen molar-refractivity contribution in [3.63, 3.8) is 0 Å². The summed E-state index contributed by atoms with van der Waals surface area (Å²) in [6, 6.07) is 13.3. The Hall–Kier alpha value is -3.26. The van der Waals surface area contributed by atoms with E-state index in [0.717, 1.165) is 9.86 Å². The van der Waals surface area contributed by atoms with Gasteiger partial charge in [0.2, 0.25) is 5.88 Å². The SMILES string of the molecule is Nc1c(Nc2ccc(F)cc2)ncnc1Oc1ccc(Br)c2cccnc12. The number of nitrogens with two attached hydrogens (primary N) is 1. The molecule has 4 aromatic rings. The summed E-state index contributed by atoms with van der Waals surface area (Å²) in [7, 11) is 0. The summed E-state index contributed by atoms with van der Waals surface area (Å²) < 4.78 is 19.9. The fourth-order valence-corrected chi connectivity index (χ4v) is 2.98. The molecule has 3 N–H and O–H groups in total. The van der Waals surface area contributed by atoms with Crippen LogP contribution in [-0.4, -0.2) is 15.0 Å². The summed E-state index contributed by atoms with van der Waals surface area (Å²) in [6.07, 6.45) is 3.03. The molecule has 0 saturated heterocycles. The highest BCUT2D eigenvalue weighted by atomic mass is 79.9. The van der Waals surface area contributed by atoms with E-state index in [0.29, 0.717) is 22.8 Å². The van der Waals surface area contributed by atoms with E-state index < -0.39 is 0 Å². The Balaban J connectivity index is 1.68. The Morgan fingerprint density at radius 3 is 2.63 bits per heavy atom. The van der Waals surface area contributed by atoms with Crippen molar-refractivity contribution in [3.8, 4) is 11.6 Å². The molecule has 0 unspecified atom stereocenters. The Morgan fingerprint density at radius 2 is 1.81 bits per heavy atom. The maximum Gasteiger partial charge on any atom is 0.248 e. The van der Waals surface area contributed by atoms with Crippen LogP contribution in [0.2, 0.25) is 0 Å². The number of nitrogens with zero attached hydrogens (tertiary/aromatic N) is 3. The summed E-state index contributed by atoms with van der Waals surface area (Å²) in [5, 5.41) is 3.94. The lowest BCUT2D eigenvalue weighted by atomic mass is 10.2. The highest BCUT2D eigenvalue weighted by Crippen LogP contribution is 2.35. The molecule has 2 aromatic heterocycles. The summed E-state index contributed by atoms with van der Waals surface area (Å²) in [5.74, 6) is 0.756. The first-order valence-corrected chi connectivity index (χ1v) is 8.75. The van der Waals surface area contributed by atoms with E-state index in [1.807, 2.05) is 18.2 Å². The van der Waals surface area contributed by atoms with Gasteiger partial charge in [0.25, 0.3) is 0 Å². The predicted octanol–water partition coefficient (Wildman–Crippen LogP) is 5.04. The van der Waals surface area contributed by atoms with Crippen molar-refractivity contribution in [1.29, 1.82) is 0 Å². The maximum atomic E-state index is 13.1. The second-order valence-corrected chi connectivity index (χ2v) is 6.47. The van der Waals surface area contributed by atoms with E-state index in [4.69, 9.17) is 10.5 Å². The largest absolute Gasteiger partial charge is 0.435 e. The zero-order chi connectivity index (χ0) is 18.8. The maximum absolute atomic E-state index is 13.1. The van der Waals surface area contributed by atoms with Gasteiger partial charge in [0.15, 0.2) is 11.6 Å². The first-order valence-electron chi connectivity index (χ1n) is 7.96. The number of hydrogen-bond donors (Lipinski definition) is 2. The average molecular weight is 426 g/mol. The lowest BCUT2D eigenvalue weighted by Crippen LogP contribution is -2.03. The van der Waals surface area contributed by atoms with Gasteiger partial charge in [0, 0.05) is 21.7 Å². The number of nitrogen functional groups attached to an aromatic ring is 1. The van der Waals surface area contributed by atoms with Gasteiger partial charge < -0.3 is 15.8 Å². The van der Waals surface area contributed by atoms with Gasteiger partial charge in [-0.3, -0.25) is 4.98 Å². The molecule has 0 aliphatic rings. The lowest BCUT2D eigenvalue weighted by molar-refractivity contribution is 0.469. The molecule has 0 spiro atoms. The highest BCUT2D eigenvalue weighted by Gasteiger charge is 2.14. The highest BCUT2D eigenvalue weighted by molar-refractivity contribution is 9.10. The fraction of sp³-hybridized carbons (Fsp3) is 0. The first-order chi connectivity index (χ1) is 13.1. The Morgan fingerprint density at radius 1 is 1.00 bits per heavy atom. The van der Waals surface area contributed by atoms with E-state index in [-0.39, 0.29) is 17.4 Å². The van der Waals surface area contributed by atoms with Crippen molar-refractivity contribution >= 4 is 44.0 Å². The fourth-order valence-electron chi connectivity index (χ4n) is 2.53. The predicted molar refractivity (Wildman–Crippen MR) is 106 cm³/mol. The average Bonchev–Trinajstić information content (AvgIpc) is 2.69. The number of nitrogens with one attached hydrogen (secondary N) is 1. The number of pyridine rings is 1. The van der Waals surface area contributed by atoms with Gasteiger partial charge in [-0.25, -0.2) is 9.37 Å². The van der Waals surface area contributed by atoms with Crippen molar-refractivity contribution < 1.29 is 9.13 Å². The summed E-state index contributed by atoms with van der Waals surface area (Å²) in [6.45, 7) is 0. The van der Waals surface area contributed by atoms with Crippen molar-refractivity contribution in [1.82, 2.24) is 15.0 Å². The molecule has 0 radical (unpaired) electrons. The van der Waals surface area contributed by atoms with Crippen LogP contribution < -0.4 is 15.8 Å². The Bertz CT molecular complexity index is 1120. The third-order valence-corrected chi connectivity index (χ3v) is 4.53. The Kier molecular flexibility index (Phi) is 4.55. The molecule has 134 valence electrons. The second-order valence-electron chi connectivity index (χ2n) is 5.62. The number of fused-ring (bicyclic) bond motifs is 1. The Labute approximate surface area is 162 Å². The van der Waals surface area contributed by atoms with Gasteiger partial charge in [-0.05, 0) is 42.5 Å². The molecule has 2 aromatic carbocycles. The standard InChI is InChI=1S/C19H13BrFN5O/c20-14-7-8-15(17-13(14)2-1-9-23-17)27-19-16(22)18(24-10-25-19)26-12-5-3-11(21)4-6-12/h1-10H,22H2,(H,24,25,26). The van der Waals surface area contributed by atoms with Gasteiger partial charge in [-0.2, -0.15) is 4.98 Å². The number of benzene rings is 2. The molecule has 6 nitrogen and oxygen atoms in total. The molecule has 0 fully saturated rings. The third-order valence-electron chi connectivity index (χ3n) is 3.84. The van der Waals surface area contributed by atoms with E-state index in [1.54, 1.807) is 24.4 Å². The molecular weight excluding hydrogens is 413 g/mol. The molecular formula is C19H13BrFN5O. The van der Waals surface area contributed by atoms with Crippen LogP contribution >= 0.6 is 15.9 Å². The molecule has 0 saturated carbocycles. The van der Waals surface area contributed by atoms with Gasteiger partial charge in [-0.15, -0.1) is 0 Å².